The minimum absolute atomic E-state index is 0.305. The van der Waals surface area contributed by atoms with Crippen molar-refractivity contribution >= 4 is 5.97 Å². The van der Waals surface area contributed by atoms with Gasteiger partial charge in [0.05, 0.1) is 0 Å². The molecular weight excluding hydrogens is 264 g/mol. The van der Waals surface area contributed by atoms with Crippen LogP contribution in [0.5, 0.6) is 0 Å². The van der Waals surface area contributed by atoms with Gasteiger partial charge in [0, 0.05) is 38.6 Å². The van der Waals surface area contributed by atoms with Crippen LogP contribution in [0.15, 0.2) is 0 Å². The van der Waals surface area contributed by atoms with Crippen molar-refractivity contribution in [2.75, 3.05) is 32.7 Å². The Bertz CT molecular complexity index is 317. The zero-order valence-electron chi connectivity index (χ0n) is 13.8. The Labute approximate surface area is 129 Å². The lowest BCUT2D eigenvalue weighted by Crippen LogP contribution is -2.51. The Morgan fingerprint density at radius 3 is 2.24 bits per heavy atom. The summed E-state index contributed by atoms with van der Waals surface area (Å²) in [5.74, 6) is 1.12. The van der Waals surface area contributed by atoms with Crippen LogP contribution in [-0.4, -0.2) is 59.6 Å². The third-order valence-corrected chi connectivity index (χ3v) is 5.47. The molecule has 0 bridgehead atoms. The Morgan fingerprint density at radius 1 is 1.10 bits per heavy atom. The summed E-state index contributed by atoms with van der Waals surface area (Å²) >= 11 is 0. The molecule has 4 nitrogen and oxygen atoms in total. The molecule has 1 heterocycles. The molecule has 0 amide bonds. The van der Waals surface area contributed by atoms with Gasteiger partial charge in [0.2, 0.25) is 0 Å². The van der Waals surface area contributed by atoms with Crippen molar-refractivity contribution < 1.29 is 9.90 Å². The molecule has 0 atom stereocenters. The Hall–Kier alpha value is -0.610. The van der Waals surface area contributed by atoms with Crippen LogP contribution < -0.4 is 0 Å². The minimum Gasteiger partial charge on any atom is -0.481 e. The number of nitrogens with zero attached hydrogens (tertiary/aromatic N) is 2. The number of rotatable bonds is 6. The molecule has 0 spiro atoms. The highest BCUT2D eigenvalue weighted by atomic mass is 16.4. The molecule has 4 heteroatoms. The maximum absolute atomic E-state index is 10.5. The van der Waals surface area contributed by atoms with Crippen LogP contribution >= 0.6 is 0 Å². The second-order valence-corrected chi connectivity index (χ2v) is 7.19. The molecular formula is C17H32N2O2. The summed E-state index contributed by atoms with van der Waals surface area (Å²) in [4.78, 5) is 15.7. The molecule has 1 aliphatic carbocycles. The van der Waals surface area contributed by atoms with Gasteiger partial charge < -0.3 is 10.0 Å². The molecule has 2 aliphatic rings. The van der Waals surface area contributed by atoms with E-state index in [0.717, 1.165) is 43.9 Å². The molecule has 1 aliphatic heterocycles. The summed E-state index contributed by atoms with van der Waals surface area (Å²) in [5, 5.41) is 8.69. The first-order valence-corrected chi connectivity index (χ1v) is 8.74. The van der Waals surface area contributed by atoms with E-state index in [-0.39, 0.29) is 0 Å². The number of hydrogen-bond acceptors (Lipinski definition) is 3. The van der Waals surface area contributed by atoms with Gasteiger partial charge in [0.1, 0.15) is 0 Å². The first kappa shape index (κ1) is 16.8. The van der Waals surface area contributed by atoms with E-state index in [1.54, 1.807) is 0 Å². The highest BCUT2D eigenvalue weighted by Crippen LogP contribution is 2.32. The van der Waals surface area contributed by atoms with E-state index in [4.69, 9.17) is 5.11 Å². The van der Waals surface area contributed by atoms with Crippen molar-refractivity contribution in [3.8, 4) is 0 Å². The van der Waals surface area contributed by atoms with E-state index in [1.807, 2.05) is 0 Å². The summed E-state index contributed by atoms with van der Waals surface area (Å²) in [6.07, 6.45) is 6.65. The van der Waals surface area contributed by atoms with Crippen molar-refractivity contribution in [1.82, 2.24) is 9.80 Å². The van der Waals surface area contributed by atoms with Gasteiger partial charge in [-0.05, 0) is 50.5 Å². The summed E-state index contributed by atoms with van der Waals surface area (Å²) < 4.78 is 0. The quantitative estimate of drug-likeness (QED) is 0.818. The predicted octanol–water partition coefficient (Wildman–Crippen LogP) is 2.68. The molecule has 0 aromatic rings. The fourth-order valence-electron chi connectivity index (χ4n) is 3.94. The monoisotopic (exact) mass is 296 g/mol. The molecule has 0 aromatic heterocycles. The normalized spacial score (nSPS) is 28.9. The molecule has 2 rings (SSSR count). The first-order chi connectivity index (χ1) is 10.1. The smallest absolute Gasteiger partial charge is 0.303 e. The molecule has 122 valence electrons. The van der Waals surface area contributed by atoms with Gasteiger partial charge in [-0.15, -0.1) is 0 Å². The highest BCUT2D eigenvalue weighted by Gasteiger charge is 2.29. The molecule has 0 aromatic carbocycles. The average molecular weight is 296 g/mol. The third-order valence-electron chi connectivity index (χ3n) is 5.47. The number of piperazine rings is 1. The zero-order chi connectivity index (χ0) is 15.2. The van der Waals surface area contributed by atoms with Crippen molar-refractivity contribution in [2.24, 2.45) is 11.8 Å². The fraction of sp³-hybridized carbons (Fsp3) is 0.941. The van der Waals surface area contributed by atoms with E-state index in [0.29, 0.717) is 6.42 Å². The number of hydrogen-bond donors (Lipinski definition) is 1. The van der Waals surface area contributed by atoms with Crippen LogP contribution in [0.4, 0.5) is 0 Å². The standard InChI is InChI=1S/C17H32N2O2/c1-14(2)15-5-7-16(8-6-15)19-12-10-18(11-13-19)9-3-4-17(20)21/h14-16H,3-13H2,1-2H3,(H,20,21). The molecule has 21 heavy (non-hydrogen) atoms. The maximum atomic E-state index is 10.5. The summed E-state index contributed by atoms with van der Waals surface area (Å²) in [6.45, 7) is 10.2. The average Bonchev–Trinajstić information content (AvgIpc) is 2.48. The van der Waals surface area contributed by atoms with Crippen molar-refractivity contribution in [2.45, 2.75) is 58.4 Å². The van der Waals surface area contributed by atoms with Gasteiger partial charge in [-0.1, -0.05) is 13.8 Å². The number of carboxylic acids is 1. The summed E-state index contributed by atoms with van der Waals surface area (Å²) in [5.41, 5.74) is 0. The molecule has 1 saturated heterocycles. The third kappa shape index (κ3) is 5.26. The molecule has 1 saturated carbocycles. The minimum atomic E-state index is -0.671. The highest BCUT2D eigenvalue weighted by molar-refractivity contribution is 5.66. The van der Waals surface area contributed by atoms with Gasteiger partial charge in [-0.25, -0.2) is 0 Å². The van der Waals surface area contributed by atoms with Crippen LogP contribution in [0, 0.1) is 11.8 Å². The number of aliphatic carboxylic acids is 1. The maximum Gasteiger partial charge on any atom is 0.303 e. The van der Waals surface area contributed by atoms with E-state index >= 15 is 0 Å². The van der Waals surface area contributed by atoms with Gasteiger partial charge in [0.25, 0.3) is 0 Å². The van der Waals surface area contributed by atoms with Gasteiger partial charge >= 0.3 is 5.97 Å². The SMILES string of the molecule is CC(C)C1CCC(N2CCN(CCCC(=O)O)CC2)CC1. The molecule has 2 fully saturated rings. The van der Waals surface area contributed by atoms with Gasteiger partial charge in [-0.3, -0.25) is 9.69 Å². The van der Waals surface area contributed by atoms with Crippen LogP contribution in [0.2, 0.25) is 0 Å². The lowest BCUT2D eigenvalue weighted by atomic mass is 9.79. The van der Waals surface area contributed by atoms with Crippen LogP contribution in [0.25, 0.3) is 0 Å². The fourth-order valence-corrected chi connectivity index (χ4v) is 3.94. The van der Waals surface area contributed by atoms with Crippen molar-refractivity contribution in [3.05, 3.63) is 0 Å². The molecule has 1 N–H and O–H groups in total. The number of carbonyl (C=O) groups is 1. The summed E-state index contributed by atoms with van der Waals surface area (Å²) in [7, 11) is 0. The van der Waals surface area contributed by atoms with E-state index in [9.17, 15) is 4.79 Å². The topological polar surface area (TPSA) is 43.8 Å². The van der Waals surface area contributed by atoms with Crippen molar-refractivity contribution in [1.29, 1.82) is 0 Å². The number of carboxylic acid groups (broad SMARTS) is 1. The van der Waals surface area contributed by atoms with Gasteiger partial charge in [0.15, 0.2) is 0 Å². The van der Waals surface area contributed by atoms with Crippen LogP contribution in [-0.2, 0) is 4.79 Å². The Morgan fingerprint density at radius 2 is 1.71 bits per heavy atom. The predicted molar refractivity (Wildman–Crippen MR) is 85.5 cm³/mol. The first-order valence-electron chi connectivity index (χ1n) is 8.74. The largest absolute Gasteiger partial charge is 0.481 e. The lowest BCUT2D eigenvalue weighted by molar-refractivity contribution is -0.137. The second kappa shape index (κ2) is 8.14. The van der Waals surface area contributed by atoms with E-state index in [2.05, 4.69) is 23.6 Å². The molecule has 0 radical (unpaired) electrons. The van der Waals surface area contributed by atoms with E-state index in [1.165, 1.54) is 38.8 Å². The Balaban J connectivity index is 1.64. The Kier molecular flexibility index (Phi) is 6.49. The summed E-state index contributed by atoms with van der Waals surface area (Å²) in [6, 6.07) is 0.807. The van der Waals surface area contributed by atoms with Gasteiger partial charge in [-0.2, -0.15) is 0 Å². The second-order valence-electron chi connectivity index (χ2n) is 7.19. The van der Waals surface area contributed by atoms with Crippen molar-refractivity contribution in [3.63, 3.8) is 0 Å². The van der Waals surface area contributed by atoms with Crippen LogP contribution in [0.1, 0.15) is 52.4 Å². The lowest BCUT2D eigenvalue weighted by Gasteiger charge is -2.42. The van der Waals surface area contributed by atoms with E-state index < -0.39 is 5.97 Å². The zero-order valence-corrected chi connectivity index (χ0v) is 13.8. The van der Waals surface area contributed by atoms with Crippen LogP contribution in [0.3, 0.4) is 0 Å². The molecule has 0 unspecified atom stereocenters.